The van der Waals surface area contributed by atoms with Crippen molar-refractivity contribution in [1.29, 1.82) is 0 Å². The molecule has 0 fully saturated rings. The van der Waals surface area contributed by atoms with Crippen molar-refractivity contribution >= 4 is 19.6 Å². The Morgan fingerprint density at radius 2 is 2.00 bits per heavy atom. The lowest BCUT2D eigenvalue weighted by Crippen LogP contribution is -2.38. The zero-order valence-corrected chi connectivity index (χ0v) is 17.7. The molecule has 9 nitrogen and oxygen atoms in total. The summed E-state index contributed by atoms with van der Waals surface area (Å²) < 4.78 is 16.1. The van der Waals surface area contributed by atoms with Gasteiger partial charge in [-0.15, -0.1) is 0 Å². The SMILES string of the molecule is CCc1c(C)c2c(c(O)c1CC=C(C)CN(CCP(=O)(O)O)C(N)=O)C(=O)OC2. The maximum atomic E-state index is 12.0. The van der Waals surface area contributed by atoms with Crippen LogP contribution in [-0.4, -0.2) is 51.0 Å². The highest BCUT2D eigenvalue weighted by atomic mass is 31.2. The quantitative estimate of drug-likeness (QED) is 0.282. The van der Waals surface area contributed by atoms with Crippen LogP contribution in [0.2, 0.25) is 0 Å². The molecule has 0 bridgehead atoms. The minimum absolute atomic E-state index is 0.0812. The Bertz CT molecular complexity index is 905. The maximum Gasteiger partial charge on any atom is 0.342 e. The Balaban J connectivity index is 2.25. The fraction of sp³-hybridized carbons (Fsp3) is 0.474. The number of allylic oxidation sites excluding steroid dienone is 1. The van der Waals surface area contributed by atoms with E-state index in [1.807, 2.05) is 13.8 Å². The average molecular weight is 426 g/mol. The van der Waals surface area contributed by atoms with Crippen LogP contribution in [0.4, 0.5) is 4.79 Å². The fourth-order valence-electron chi connectivity index (χ4n) is 3.50. The highest BCUT2D eigenvalue weighted by Crippen LogP contribution is 2.38. The van der Waals surface area contributed by atoms with Crippen LogP contribution in [0.1, 0.15) is 46.5 Å². The number of carbonyl (C=O) groups is 2. The Morgan fingerprint density at radius 1 is 1.34 bits per heavy atom. The van der Waals surface area contributed by atoms with Crippen LogP contribution in [0, 0.1) is 6.92 Å². The van der Waals surface area contributed by atoms with Gasteiger partial charge in [-0.2, -0.15) is 0 Å². The number of primary amides is 1. The number of amides is 2. The molecule has 160 valence electrons. The first-order valence-electron chi connectivity index (χ1n) is 9.24. The summed E-state index contributed by atoms with van der Waals surface area (Å²) in [7, 11) is -4.25. The van der Waals surface area contributed by atoms with Crippen LogP contribution in [0.25, 0.3) is 0 Å². The third-order valence-electron chi connectivity index (χ3n) is 5.07. The van der Waals surface area contributed by atoms with E-state index in [0.717, 1.165) is 21.6 Å². The Hall–Kier alpha value is -2.35. The second-order valence-electron chi connectivity index (χ2n) is 7.12. The van der Waals surface area contributed by atoms with Gasteiger partial charge in [-0.05, 0) is 37.8 Å². The van der Waals surface area contributed by atoms with E-state index in [1.165, 1.54) is 0 Å². The standard InChI is InChI=1S/C19H27N2O7P/c1-4-13-12(3)15-10-28-18(23)16(15)17(22)14(13)6-5-11(2)9-21(19(20)24)7-8-29(25,26)27/h5,22H,4,6-10H2,1-3H3,(H2,20,24)(H2,25,26,27). The number of phenolic OH excluding ortho intramolecular Hbond substituents is 1. The molecule has 1 aromatic carbocycles. The molecule has 0 aromatic heterocycles. The van der Waals surface area contributed by atoms with Gasteiger partial charge < -0.3 is 30.3 Å². The van der Waals surface area contributed by atoms with Crippen LogP contribution < -0.4 is 5.73 Å². The van der Waals surface area contributed by atoms with Crippen molar-refractivity contribution < 1.29 is 33.8 Å². The summed E-state index contributed by atoms with van der Waals surface area (Å²) in [5, 5.41) is 10.7. The zero-order valence-electron chi connectivity index (χ0n) is 16.8. The topological polar surface area (TPSA) is 150 Å². The van der Waals surface area contributed by atoms with E-state index in [4.69, 9.17) is 20.3 Å². The van der Waals surface area contributed by atoms with Crippen molar-refractivity contribution in [3.8, 4) is 5.75 Å². The number of benzene rings is 1. The van der Waals surface area contributed by atoms with Gasteiger partial charge in [0, 0.05) is 24.2 Å². The molecular formula is C19H27N2O7P. The smallest absolute Gasteiger partial charge is 0.342 e. The van der Waals surface area contributed by atoms with E-state index in [1.54, 1.807) is 13.0 Å². The molecule has 0 saturated carbocycles. The number of urea groups is 1. The van der Waals surface area contributed by atoms with Crippen LogP contribution in [0.5, 0.6) is 5.75 Å². The summed E-state index contributed by atoms with van der Waals surface area (Å²) in [6.07, 6.45) is 2.32. The van der Waals surface area contributed by atoms with Gasteiger partial charge in [0.05, 0.1) is 6.16 Å². The van der Waals surface area contributed by atoms with E-state index in [-0.39, 0.29) is 31.0 Å². The second-order valence-corrected chi connectivity index (χ2v) is 8.89. The van der Waals surface area contributed by atoms with Gasteiger partial charge in [-0.3, -0.25) is 4.57 Å². The summed E-state index contributed by atoms with van der Waals surface area (Å²) in [5.74, 6) is -0.621. The number of hydrogen-bond donors (Lipinski definition) is 4. The Labute approximate surface area is 169 Å². The van der Waals surface area contributed by atoms with Gasteiger partial charge in [-0.25, -0.2) is 9.59 Å². The molecule has 29 heavy (non-hydrogen) atoms. The number of ether oxygens (including phenoxy) is 1. The lowest BCUT2D eigenvalue weighted by Gasteiger charge is -2.21. The van der Waals surface area contributed by atoms with E-state index >= 15 is 0 Å². The molecule has 0 saturated heterocycles. The molecular weight excluding hydrogens is 399 g/mol. The highest BCUT2D eigenvalue weighted by Gasteiger charge is 2.30. The van der Waals surface area contributed by atoms with Crippen LogP contribution in [-0.2, 0) is 28.8 Å². The third kappa shape index (κ3) is 5.38. The number of cyclic esters (lactones) is 1. The number of hydrogen-bond acceptors (Lipinski definition) is 5. The number of nitrogens with zero attached hydrogens (tertiary/aromatic N) is 1. The molecule has 10 heteroatoms. The molecule has 1 aliphatic heterocycles. The molecule has 0 unspecified atom stereocenters. The lowest BCUT2D eigenvalue weighted by atomic mass is 9.89. The highest BCUT2D eigenvalue weighted by molar-refractivity contribution is 7.51. The normalized spacial score (nSPS) is 14.0. The van der Waals surface area contributed by atoms with Crippen LogP contribution in [0.3, 0.4) is 0 Å². The van der Waals surface area contributed by atoms with Gasteiger partial charge in [0.2, 0.25) is 0 Å². The molecule has 1 aromatic rings. The number of aromatic hydroxyl groups is 1. The monoisotopic (exact) mass is 426 g/mol. The number of esters is 1. The average Bonchev–Trinajstić information content (AvgIpc) is 3.01. The Kier molecular flexibility index (Phi) is 7.11. The van der Waals surface area contributed by atoms with Gasteiger partial charge in [0.1, 0.15) is 17.9 Å². The third-order valence-corrected chi connectivity index (χ3v) is 5.85. The molecule has 0 radical (unpaired) electrons. The van der Waals surface area contributed by atoms with E-state index in [0.29, 0.717) is 24.0 Å². The summed E-state index contributed by atoms with van der Waals surface area (Å²) >= 11 is 0. The Morgan fingerprint density at radius 3 is 2.55 bits per heavy atom. The number of rotatable bonds is 8. The number of nitrogens with two attached hydrogens (primary N) is 1. The number of phenols is 1. The molecule has 1 heterocycles. The zero-order chi connectivity index (χ0) is 21.9. The minimum atomic E-state index is -4.25. The molecule has 2 amide bonds. The van der Waals surface area contributed by atoms with Gasteiger partial charge >= 0.3 is 19.6 Å². The first-order valence-corrected chi connectivity index (χ1v) is 11.0. The molecule has 0 spiro atoms. The van der Waals surface area contributed by atoms with E-state index in [9.17, 15) is 19.3 Å². The predicted molar refractivity (Wildman–Crippen MR) is 107 cm³/mol. The van der Waals surface area contributed by atoms with Crippen molar-refractivity contribution in [3.63, 3.8) is 0 Å². The van der Waals surface area contributed by atoms with Crippen molar-refractivity contribution in [2.45, 2.75) is 40.2 Å². The molecule has 2 rings (SSSR count). The summed E-state index contributed by atoms with van der Waals surface area (Å²) in [4.78, 5) is 42.7. The summed E-state index contributed by atoms with van der Waals surface area (Å²) in [6, 6.07) is -0.778. The first-order chi connectivity index (χ1) is 13.5. The van der Waals surface area contributed by atoms with Crippen LogP contribution >= 0.6 is 7.60 Å². The predicted octanol–water partition coefficient (Wildman–Crippen LogP) is 1.98. The first kappa shape index (κ1) is 22.9. The largest absolute Gasteiger partial charge is 0.507 e. The van der Waals surface area contributed by atoms with E-state index in [2.05, 4.69) is 0 Å². The minimum Gasteiger partial charge on any atom is -0.507 e. The van der Waals surface area contributed by atoms with Gasteiger partial charge in [0.15, 0.2) is 0 Å². The second kappa shape index (κ2) is 8.98. The van der Waals surface area contributed by atoms with Gasteiger partial charge in [-0.1, -0.05) is 18.6 Å². The lowest BCUT2D eigenvalue weighted by molar-refractivity contribution is 0.0532. The fourth-order valence-corrected chi connectivity index (χ4v) is 4.00. The molecule has 0 atom stereocenters. The van der Waals surface area contributed by atoms with Crippen molar-refractivity contribution in [1.82, 2.24) is 4.90 Å². The van der Waals surface area contributed by atoms with Crippen LogP contribution in [0.15, 0.2) is 11.6 Å². The van der Waals surface area contributed by atoms with Crippen molar-refractivity contribution in [2.24, 2.45) is 5.73 Å². The van der Waals surface area contributed by atoms with Crippen molar-refractivity contribution in [3.05, 3.63) is 39.5 Å². The molecule has 5 N–H and O–H groups in total. The molecule has 0 aliphatic carbocycles. The summed E-state index contributed by atoms with van der Waals surface area (Å²) in [5.41, 5.74) is 9.45. The van der Waals surface area contributed by atoms with E-state index < -0.39 is 25.8 Å². The molecule has 1 aliphatic rings. The number of carbonyl (C=O) groups excluding carboxylic acids is 2. The number of fused-ring (bicyclic) bond motifs is 1. The van der Waals surface area contributed by atoms with Gasteiger partial charge in [0.25, 0.3) is 0 Å². The maximum absolute atomic E-state index is 12.0. The summed E-state index contributed by atoms with van der Waals surface area (Å²) in [6.45, 7) is 5.70. The van der Waals surface area contributed by atoms with Crippen molar-refractivity contribution in [2.75, 3.05) is 19.3 Å².